The lowest BCUT2D eigenvalue weighted by Gasteiger charge is -2.21. The third-order valence-corrected chi connectivity index (χ3v) is 4.06. The van der Waals surface area contributed by atoms with E-state index in [0.29, 0.717) is 17.1 Å². The van der Waals surface area contributed by atoms with Crippen LogP contribution < -0.4 is 5.32 Å². The molecule has 1 aromatic rings. The maximum atomic E-state index is 13.4. The van der Waals surface area contributed by atoms with Crippen molar-refractivity contribution < 1.29 is 9.50 Å². The van der Waals surface area contributed by atoms with Gasteiger partial charge in [-0.2, -0.15) is 11.8 Å². The summed E-state index contributed by atoms with van der Waals surface area (Å²) < 4.78 is 13.4. The Bertz CT molecular complexity index is 360. The van der Waals surface area contributed by atoms with Crippen molar-refractivity contribution in [1.82, 2.24) is 5.32 Å². The molecule has 0 aliphatic carbocycles. The number of rotatable bonds is 6. The zero-order chi connectivity index (χ0) is 12.8. The van der Waals surface area contributed by atoms with E-state index in [0.717, 1.165) is 0 Å². The molecular weight excluding hydrogens is 261 g/mol. The van der Waals surface area contributed by atoms with Gasteiger partial charge >= 0.3 is 0 Å². The van der Waals surface area contributed by atoms with Gasteiger partial charge in [0.1, 0.15) is 5.82 Å². The van der Waals surface area contributed by atoms with E-state index < -0.39 is 0 Å². The molecule has 0 amide bonds. The van der Waals surface area contributed by atoms with Gasteiger partial charge in [-0.3, -0.25) is 0 Å². The van der Waals surface area contributed by atoms with Crippen LogP contribution in [0.25, 0.3) is 0 Å². The van der Waals surface area contributed by atoms with Crippen LogP contribution in [0.5, 0.6) is 0 Å². The Morgan fingerprint density at radius 1 is 1.53 bits per heavy atom. The predicted molar refractivity (Wildman–Crippen MR) is 72.1 cm³/mol. The maximum Gasteiger partial charge on any atom is 0.127 e. The van der Waals surface area contributed by atoms with Crippen LogP contribution in [0.15, 0.2) is 18.2 Å². The highest BCUT2D eigenvalue weighted by molar-refractivity contribution is 7.99. The van der Waals surface area contributed by atoms with Gasteiger partial charge in [-0.15, -0.1) is 0 Å². The zero-order valence-electron chi connectivity index (χ0n) is 9.91. The van der Waals surface area contributed by atoms with Gasteiger partial charge in [0.2, 0.25) is 0 Å². The Hall–Kier alpha value is -0.290. The standard InChI is InChI=1S/C12H17ClFNOS/c1-8(12(7-16)17-2)15-6-9-5-10(13)3-4-11(9)14/h3-5,8,12,15-16H,6-7H2,1-2H3. The van der Waals surface area contributed by atoms with Crippen LogP contribution in [0.4, 0.5) is 4.39 Å². The number of hydrogen-bond acceptors (Lipinski definition) is 3. The molecule has 1 aromatic carbocycles. The van der Waals surface area contributed by atoms with Crippen molar-refractivity contribution in [2.24, 2.45) is 0 Å². The summed E-state index contributed by atoms with van der Waals surface area (Å²) in [6.07, 6.45) is 1.94. The highest BCUT2D eigenvalue weighted by Gasteiger charge is 2.15. The predicted octanol–water partition coefficient (Wildman–Crippen LogP) is 2.68. The Morgan fingerprint density at radius 3 is 2.82 bits per heavy atom. The minimum absolute atomic E-state index is 0.105. The average molecular weight is 278 g/mol. The Balaban J connectivity index is 2.57. The molecule has 1 rings (SSSR count). The summed E-state index contributed by atoms with van der Waals surface area (Å²) in [5.74, 6) is -0.265. The van der Waals surface area contributed by atoms with E-state index >= 15 is 0 Å². The van der Waals surface area contributed by atoms with Crippen LogP contribution >= 0.6 is 23.4 Å². The smallest absolute Gasteiger partial charge is 0.127 e. The Kier molecular flexibility index (Phi) is 6.27. The molecule has 0 aliphatic heterocycles. The normalized spacial score (nSPS) is 14.6. The van der Waals surface area contributed by atoms with E-state index in [9.17, 15) is 4.39 Å². The first-order valence-corrected chi connectivity index (χ1v) is 7.06. The zero-order valence-corrected chi connectivity index (χ0v) is 11.5. The lowest BCUT2D eigenvalue weighted by molar-refractivity contribution is 0.275. The lowest BCUT2D eigenvalue weighted by atomic mass is 10.2. The molecule has 96 valence electrons. The van der Waals surface area contributed by atoms with Gasteiger partial charge in [-0.05, 0) is 31.4 Å². The first-order chi connectivity index (χ1) is 8.08. The molecule has 0 saturated heterocycles. The molecule has 0 saturated carbocycles. The van der Waals surface area contributed by atoms with Crippen molar-refractivity contribution >= 4 is 23.4 Å². The SMILES string of the molecule is CSC(CO)C(C)NCc1cc(Cl)ccc1F. The first kappa shape index (κ1) is 14.8. The highest BCUT2D eigenvalue weighted by atomic mass is 35.5. The summed E-state index contributed by atoms with van der Waals surface area (Å²) in [5, 5.41) is 13.0. The van der Waals surface area contributed by atoms with E-state index in [1.165, 1.54) is 12.1 Å². The van der Waals surface area contributed by atoms with E-state index in [2.05, 4.69) is 5.32 Å². The molecule has 0 bridgehead atoms. The van der Waals surface area contributed by atoms with E-state index in [1.54, 1.807) is 17.8 Å². The summed E-state index contributed by atoms with van der Waals surface area (Å²) in [4.78, 5) is 0. The maximum absolute atomic E-state index is 13.4. The molecule has 5 heteroatoms. The Morgan fingerprint density at radius 2 is 2.24 bits per heavy atom. The molecule has 0 spiro atoms. The third kappa shape index (κ3) is 4.47. The minimum atomic E-state index is -0.265. The molecule has 2 N–H and O–H groups in total. The fraction of sp³-hybridized carbons (Fsp3) is 0.500. The molecule has 2 atom stereocenters. The lowest BCUT2D eigenvalue weighted by Crippen LogP contribution is -2.37. The highest BCUT2D eigenvalue weighted by Crippen LogP contribution is 2.16. The van der Waals surface area contributed by atoms with Gasteiger partial charge in [-0.25, -0.2) is 4.39 Å². The van der Waals surface area contributed by atoms with Gasteiger partial charge in [-0.1, -0.05) is 11.6 Å². The topological polar surface area (TPSA) is 32.3 Å². The summed E-state index contributed by atoms with van der Waals surface area (Å²) in [6, 6.07) is 4.61. The molecule has 2 nitrogen and oxygen atoms in total. The van der Waals surface area contributed by atoms with E-state index in [4.69, 9.17) is 16.7 Å². The largest absolute Gasteiger partial charge is 0.395 e. The second-order valence-corrected chi connectivity index (χ2v) is 5.38. The fourth-order valence-corrected chi connectivity index (χ4v) is 2.37. The van der Waals surface area contributed by atoms with E-state index in [-0.39, 0.29) is 23.7 Å². The van der Waals surface area contributed by atoms with Crippen LogP contribution in [0.2, 0.25) is 5.02 Å². The first-order valence-electron chi connectivity index (χ1n) is 5.39. The number of aliphatic hydroxyl groups is 1. The van der Waals surface area contributed by atoms with Crippen LogP contribution in [0.1, 0.15) is 12.5 Å². The summed E-state index contributed by atoms with van der Waals surface area (Å²) in [5.41, 5.74) is 0.544. The monoisotopic (exact) mass is 277 g/mol. The van der Waals surface area contributed by atoms with Crippen molar-refractivity contribution in [3.8, 4) is 0 Å². The van der Waals surface area contributed by atoms with Gasteiger partial charge in [0.25, 0.3) is 0 Å². The molecule has 0 heterocycles. The molecule has 17 heavy (non-hydrogen) atoms. The number of benzene rings is 1. The van der Waals surface area contributed by atoms with Gasteiger partial charge < -0.3 is 10.4 Å². The Labute approximate surface area is 111 Å². The summed E-state index contributed by atoms with van der Waals surface area (Å²) in [7, 11) is 0. The van der Waals surface area contributed by atoms with Crippen molar-refractivity contribution in [2.45, 2.75) is 24.8 Å². The number of nitrogens with one attached hydrogen (secondary N) is 1. The number of halogens is 2. The quantitative estimate of drug-likeness (QED) is 0.839. The van der Waals surface area contributed by atoms with E-state index in [1.807, 2.05) is 13.2 Å². The van der Waals surface area contributed by atoms with Crippen LogP contribution in [-0.4, -0.2) is 29.3 Å². The van der Waals surface area contributed by atoms with Crippen LogP contribution in [-0.2, 0) is 6.54 Å². The molecule has 0 aliphatic rings. The number of hydrogen-bond donors (Lipinski definition) is 2. The van der Waals surface area contributed by atoms with Crippen LogP contribution in [0.3, 0.4) is 0 Å². The third-order valence-electron chi connectivity index (χ3n) is 2.66. The van der Waals surface area contributed by atoms with Gasteiger partial charge in [0.05, 0.1) is 6.61 Å². The molecule has 0 aromatic heterocycles. The molecular formula is C12H17ClFNOS. The summed E-state index contributed by atoms with van der Waals surface area (Å²) >= 11 is 7.40. The molecule has 2 unspecified atom stereocenters. The molecule has 0 fully saturated rings. The van der Waals surface area contributed by atoms with Gasteiger partial charge in [0.15, 0.2) is 0 Å². The van der Waals surface area contributed by atoms with Crippen molar-refractivity contribution in [2.75, 3.05) is 12.9 Å². The number of thioether (sulfide) groups is 1. The molecule has 0 radical (unpaired) electrons. The van der Waals surface area contributed by atoms with Crippen LogP contribution in [0, 0.1) is 5.82 Å². The van der Waals surface area contributed by atoms with Crippen molar-refractivity contribution in [3.05, 3.63) is 34.6 Å². The second-order valence-electron chi connectivity index (χ2n) is 3.86. The van der Waals surface area contributed by atoms with Crippen molar-refractivity contribution in [3.63, 3.8) is 0 Å². The van der Waals surface area contributed by atoms with Crippen molar-refractivity contribution in [1.29, 1.82) is 0 Å². The summed E-state index contributed by atoms with van der Waals surface area (Å²) in [6.45, 7) is 2.48. The minimum Gasteiger partial charge on any atom is -0.395 e. The second kappa shape index (κ2) is 7.21. The fourth-order valence-electron chi connectivity index (χ4n) is 1.52. The number of aliphatic hydroxyl groups excluding tert-OH is 1. The van der Waals surface area contributed by atoms with Gasteiger partial charge in [0, 0.05) is 28.4 Å². The average Bonchev–Trinajstić information content (AvgIpc) is 2.32.